The summed E-state index contributed by atoms with van der Waals surface area (Å²) in [4.78, 5) is 11.7. The lowest BCUT2D eigenvalue weighted by atomic mass is 10.2. The molecule has 2 atom stereocenters. The number of carbonyl (C=O) groups excluding carboxylic acids is 1. The fraction of sp³-hybridized carbons (Fsp3) is 0.545. The molecule has 1 amide bonds. The first-order chi connectivity index (χ1) is 7.52. The van der Waals surface area contributed by atoms with Crippen LogP contribution in [0.1, 0.15) is 20.8 Å². The third-order valence-electron chi connectivity index (χ3n) is 2.07. The molecule has 0 spiro atoms. The van der Waals surface area contributed by atoms with E-state index in [0.29, 0.717) is 12.5 Å². The van der Waals surface area contributed by atoms with E-state index >= 15 is 0 Å². The molecule has 0 aliphatic heterocycles. The first-order valence-electron chi connectivity index (χ1n) is 5.24. The van der Waals surface area contributed by atoms with Crippen LogP contribution < -0.4 is 5.32 Å². The van der Waals surface area contributed by atoms with Gasteiger partial charge >= 0.3 is 0 Å². The van der Waals surface area contributed by atoms with Crippen LogP contribution in [0.15, 0.2) is 21.7 Å². The minimum atomic E-state index is -1.24. The van der Waals surface area contributed by atoms with Crippen molar-refractivity contribution in [2.75, 3.05) is 6.54 Å². The van der Waals surface area contributed by atoms with E-state index in [1.807, 2.05) is 25.3 Å². The van der Waals surface area contributed by atoms with Crippen LogP contribution in [-0.2, 0) is 15.6 Å². The van der Waals surface area contributed by atoms with Crippen LogP contribution in [0.2, 0.25) is 0 Å². The molecular formula is C11H17NO2S2. The highest BCUT2D eigenvalue weighted by molar-refractivity contribution is 7.88. The predicted octanol–water partition coefficient (Wildman–Crippen LogP) is 2.02. The van der Waals surface area contributed by atoms with E-state index in [4.69, 9.17) is 0 Å². The largest absolute Gasteiger partial charge is 0.355 e. The van der Waals surface area contributed by atoms with E-state index in [0.717, 1.165) is 4.21 Å². The summed E-state index contributed by atoms with van der Waals surface area (Å²) < 4.78 is 12.7. The number of amides is 1. The molecule has 16 heavy (non-hydrogen) atoms. The summed E-state index contributed by atoms with van der Waals surface area (Å²) in [7, 11) is -1.24. The van der Waals surface area contributed by atoms with Crippen molar-refractivity contribution in [3.05, 3.63) is 17.5 Å². The fourth-order valence-corrected chi connectivity index (χ4v) is 3.36. The van der Waals surface area contributed by atoms with Gasteiger partial charge in [-0.15, -0.1) is 11.3 Å². The van der Waals surface area contributed by atoms with Crippen molar-refractivity contribution in [3.8, 4) is 0 Å². The molecule has 0 saturated carbocycles. The van der Waals surface area contributed by atoms with Crippen molar-refractivity contribution in [3.63, 3.8) is 0 Å². The molecule has 0 aliphatic carbocycles. The minimum Gasteiger partial charge on any atom is -0.355 e. The molecule has 3 nitrogen and oxygen atoms in total. The molecule has 0 saturated heterocycles. The summed E-state index contributed by atoms with van der Waals surface area (Å²) in [6, 6.07) is 3.64. The Bertz CT molecular complexity index is 360. The van der Waals surface area contributed by atoms with Crippen LogP contribution in [0, 0.1) is 5.92 Å². The first kappa shape index (κ1) is 13.4. The van der Waals surface area contributed by atoms with Crippen LogP contribution in [0.5, 0.6) is 0 Å². The van der Waals surface area contributed by atoms with E-state index in [1.165, 1.54) is 11.3 Å². The Morgan fingerprint density at radius 1 is 1.50 bits per heavy atom. The van der Waals surface area contributed by atoms with Gasteiger partial charge < -0.3 is 5.32 Å². The van der Waals surface area contributed by atoms with E-state index in [9.17, 15) is 9.00 Å². The van der Waals surface area contributed by atoms with Gasteiger partial charge in [0, 0.05) is 6.54 Å². The van der Waals surface area contributed by atoms with Crippen LogP contribution in [-0.4, -0.2) is 21.9 Å². The summed E-state index contributed by atoms with van der Waals surface area (Å²) in [6.07, 6.45) is 0. The average Bonchev–Trinajstić information content (AvgIpc) is 2.77. The van der Waals surface area contributed by atoms with Crippen LogP contribution >= 0.6 is 11.3 Å². The summed E-state index contributed by atoms with van der Waals surface area (Å²) in [5.41, 5.74) is 0. The zero-order chi connectivity index (χ0) is 12.1. The van der Waals surface area contributed by atoms with Gasteiger partial charge in [-0.3, -0.25) is 9.00 Å². The van der Waals surface area contributed by atoms with Crippen molar-refractivity contribution in [2.45, 2.75) is 30.2 Å². The highest BCUT2D eigenvalue weighted by Gasteiger charge is 2.21. The van der Waals surface area contributed by atoms with E-state index in [-0.39, 0.29) is 5.91 Å². The highest BCUT2D eigenvalue weighted by Crippen LogP contribution is 2.17. The number of carbonyl (C=O) groups is 1. The van der Waals surface area contributed by atoms with Gasteiger partial charge in [0.25, 0.3) is 0 Å². The zero-order valence-electron chi connectivity index (χ0n) is 9.73. The van der Waals surface area contributed by atoms with Crippen molar-refractivity contribution in [1.29, 1.82) is 0 Å². The lowest BCUT2D eigenvalue weighted by Crippen LogP contribution is -2.37. The molecule has 2 unspecified atom stereocenters. The molecule has 1 aromatic rings. The van der Waals surface area contributed by atoms with Crippen LogP contribution in [0.25, 0.3) is 0 Å². The van der Waals surface area contributed by atoms with Gasteiger partial charge in [-0.05, 0) is 24.3 Å². The lowest BCUT2D eigenvalue weighted by Gasteiger charge is -2.12. The van der Waals surface area contributed by atoms with Crippen LogP contribution in [0.3, 0.4) is 0 Å². The molecule has 0 radical (unpaired) electrons. The van der Waals surface area contributed by atoms with Crippen molar-refractivity contribution in [1.82, 2.24) is 5.32 Å². The molecular weight excluding hydrogens is 242 g/mol. The normalized spacial score (nSPS) is 14.8. The molecule has 0 bridgehead atoms. The second-order valence-electron chi connectivity index (χ2n) is 4.01. The van der Waals surface area contributed by atoms with Crippen molar-refractivity contribution >= 4 is 28.0 Å². The standard InChI is InChI=1S/C11H17NO2S2/c1-8(2)7-12-11(13)9(3)16(14)10-5-4-6-15-10/h4-6,8-9H,7H2,1-3H3,(H,12,13). The second-order valence-corrected chi connectivity index (χ2v) is 6.96. The summed E-state index contributed by atoms with van der Waals surface area (Å²) in [6.45, 7) is 6.39. The Balaban J connectivity index is 2.54. The quantitative estimate of drug-likeness (QED) is 0.879. The second kappa shape index (κ2) is 6.15. The Morgan fingerprint density at radius 2 is 2.19 bits per heavy atom. The topological polar surface area (TPSA) is 46.2 Å². The number of hydrogen-bond acceptors (Lipinski definition) is 3. The Hall–Kier alpha value is -0.680. The molecule has 90 valence electrons. The Labute approximate surface area is 103 Å². The highest BCUT2D eigenvalue weighted by atomic mass is 32.2. The van der Waals surface area contributed by atoms with Gasteiger partial charge in [-0.2, -0.15) is 0 Å². The number of thiophene rings is 1. The summed E-state index contributed by atoms with van der Waals surface area (Å²) in [5.74, 6) is 0.270. The first-order valence-corrected chi connectivity index (χ1v) is 7.33. The lowest BCUT2D eigenvalue weighted by molar-refractivity contribution is -0.120. The van der Waals surface area contributed by atoms with Gasteiger partial charge in [0.05, 0.1) is 15.0 Å². The molecule has 1 rings (SSSR count). The molecule has 0 aliphatic rings. The van der Waals surface area contributed by atoms with Crippen molar-refractivity contribution in [2.24, 2.45) is 5.92 Å². The molecule has 0 fully saturated rings. The van der Waals surface area contributed by atoms with Gasteiger partial charge in [-0.25, -0.2) is 0 Å². The van der Waals surface area contributed by atoms with E-state index in [1.54, 1.807) is 13.0 Å². The number of hydrogen-bond donors (Lipinski definition) is 1. The smallest absolute Gasteiger partial charge is 0.235 e. The molecule has 1 N–H and O–H groups in total. The SMILES string of the molecule is CC(C)CNC(=O)C(C)S(=O)c1cccs1. The molecule has 1 aromatic heterocycles. The van der Waals surface area contributed by atoms with Crippen LogP contribution in [0.4, 0.5) is 0 Å². The number of rotatable bonds is 5. The zero-order valence-corrected chi connectivity index (χ0v) is 11.4. The van der Waals surface area contributed by atoms with Crippen molar-refractivity contribution < 1.29 is 9.00 Å². The minimum absolute atomic E-state index is 0.138. The van der Waals surface area contributed by atoms with Gasteiger partial charge in [0.15, 0.2) is 0 Å². The average molecular weight is 259 g/mol. The van der Waals surface area contributed by atoms with Gasteiger partial charge in [0.1, 0.15) is 5.25 Å². The fourth-order valence-electron chi connectivity index (χ4n) is 1.10. The Kier molecular flexibility index (Phi) is 5.15. The van der Waals surface area contributed by atoms with Gasteiger partial charge in [0.2, 0.25) is 5.91 Å². The Morgan fingerprint density at radius 3 is 2.69 bits per heavy atom. The molecule has 1 heterocycles. The maximum atomic E-state index is 12.0. The molecule has 5 heteroatoms. The third kappa shape index (κ3) is 3.72. The molecule has 0 aromatic carbocycles. The monoisotopic (exact) mass is 259 g/mol. The third-order valence-corrected chi connectivity index (χ3v) is 4.90. The van der Waals surface area contributed by atoms with E-state index in [2.05, 4.69) is 5.32 Å². The summed E-state index contributed by atoms with van der Waals surface area (Å²) in [5, 5.41) is 4.18. The predicted molar refractivity (Wildman–Crippen MR) is 68.0 cm³/mol. The maximum absolute atomic E-state index is 12.0. The van der Waals surface area contributed by atoms with Gasteiger partial charge in [-0.1, -0.05) is 19.9 Å². The maximum Gasteiger partial charge on any atom is 0.235 e. The number of nitrogens with one attached hydrogen (secondary N) is 1. The van der Waals surface area contributed by atoms with E-state index < -0.39 is 16.0 Å². The summed E-state index contributed by atoms with van der Waals surface area (Å²) >= 11 is 1.42.